The molecule has 0 unspecified atom stereocenters. The molecule has 3 aromatic rings. The molecule has 0 heterocycles. The number of hydrogen-bond acceptors (Lipinski definition) is 5. The quantitative estimate of drug-likeness (QED) is 0.208. The maximum Gasteiger partial charge on any atom is 0.336 e. The van der Waals surface area contributed by atoms with Crippen LogP contribution in [-0.2, 0) is 32.1 Å². The van der Waals surface area contributed by atoms with Crippen molar-refractivity contribution in [1.29, 1.82) is 0 Å². The predicted molar refractivity (Wildman–Crippen MR) is 133 cm³/mol. The molecule has 7 heteroatoms. The van der Waals surface area contributed by atoms with E-state index in [2.05, 4.69) is 13.2 Å². The Labute approximate surface area is 207 Å². The number of rotatable bonds is 9. The zero-order chi connectivity index (χ0) is 26.4. The fourth-order valence-corrected chi connectivity index (χ4v) is 3.20. The van der Waals surface area contributed by atoms with Crippen LogP contribution in [-0.4, -0.2) is 17.7 Å². The second-order valence-electron chi connectivity index (χ2n) is 8.28. The summed E-state index contributed by atoms with van der Waals surface area (Å²) in [4.78, 5) is 35.5. The number of halogens is 2. The van der Waals surface area contributed by atoms with Crippen molar-refractivity contribution >= 4 is 34.6 Å². The fraction of sp³-hybridized carbons (Fsp3) is 0.138. The SMILES string of the molecule is C=C(C)C(=O)Cc1ccc2cc(/C=C/C(=O)Oc3ccc(COC(=O)C(=C)C)c(F)c3F)ccc2c1. The molecule has 0 aliphatic rings. The van der Waals surface area contributed by atoms with E-state index in [0.717, 1.165) is 34.5 Å². The van der Waals surface area contributed by atoms with Gasteiger partial charge in [-0.15, -0.1) is 0 Å². The maximum atomic E-state index is 14.3. The molecule has 0 amide bonds. The van der Waals surface area contributed by atoms with Gasteiger partial charge in [0.2, 0.25) is 5.82 Å². The van der Waals surface area contributed by atoms with Gasteiger partial charge in [0.1, 0.15) is 6.61 Å². The van der Waals surface area contributed by atoms with Gasteiger partial charge in [0.05, 0.1) is 0 Å². The van der Waals surface area contributed by atoms with Gasteiger partial charge < -0.3 is 9.47 Å². The molecule has 0 aliphatic carbocycles. The lowest BCUT2D eigenvalue weighted by Crippen LogP contribution is -2.09. The van der Waals surface area contributed by atoms with Crippen LogP contribution >= 0.6 is 0 Å². The first-order chi connectivity index (χ1) is 17.0. The number of allylic oxidation sites excluding steroid dienone is 1. The lowest BCUT2D eigenvalue weighted by molar-refractivity contribution is -0.140. The summed E-state index contributed by atoms with van der Waals surface area (Å²) in [5, 5.41) is 1.82. The monoisotopic (exact) mass is 490 g/mol. The van der Waals surface area contributed by atoms with Crippen LogP contribution in [0.15, 0.2) is 78.9 Å². The summed E-state index contributed by atoms with van der Waals surface area (Å²) in [5.41, 5.74) is 1.98. The van der Waals surface area contributed by atoms with Gasteiger partial charge in [0.15, 0.2) is 17.3 Å². The van der Waals surface area contributed by atoms with Gasteiger partial charge in [-0.25, -0.2) is 14.0 Å². The molecule has 3 aromatic carbocycles. The largest absolute Gasteiger partial charge is 0.457 e. The number of fused-ring (bicyclic) bond motifs is 1. The fourth-order valence-electron chi connectivity index (χ4n) is 3.20. The van der Waals surface area contributed by atoms with E-state index in [1.54, 1.807) is 13.0 Å². The average molecular weight is 491 g/mol. The molecule has 184 valence electrons. The average Bonchev–Trinajstić information content (AvgIpc) is 2.84. The third kappa shape index (κ3) is 6.60. The van der Waals surface area contributed by atoms with Crippen molar-refractivity contribution in [2.45, 2.75) is 26.9 Å². The Morgan fingerprint density at radius 1 is 0.889 bits per heavy atom. The normalized spacial score (nSPS) is 10.9. The van der Waals surface area contributed by atoms with Gasteiger partial charge in [-0.3, -0.25) is 4.79 Å². The number of Topliss-reactive ketones (excluding diaryl/α,β-unsaturated/α-hetero) is 1. The minimum atomic E-state index is -1.37. The van der Waals surface area contributed by atoms with Crippen molar-refractivity contribution in [1.82, 2.24) is 0 Å². The smallest absolute Gasteiger partial charge is 0.336 e. The highest BCUT2D eigenvalue weighted by Crippen LogP contribution is 2.24. The standard InChI is InChI=1S/C29H24F2O5/c1-17(2)24(32)15-20-6-9-21-13-19(5-8-22(21)14-20)7-12-26(33)36-25-11-10-23(27(30)28(25)31)16-35-29(34)18(3)4/h5-14H,1,3,15-16H2,2,4H3/b12-7+. The molecule has 0 saturated carbocycles. The highest BCUT2D eigenvalue weighted by atomic mass is 19.2. The van der Waals surface area contributed by atoms with Crippen molar-refractivity contribution in [3.63, 3.8) is 0 Å². The van der Waals surface area contributed by atoms with Crippen LogP contribution in [0.1, 0.15) is 30.5 Å². The molecule has 5 nitrogen and oxygen atoms in total. The summed E-state index contributed by atoms with van der Waals surface area (Å²) in [6, 6.07) is 13.4. The highest BCUT2D eigenvalue weighted by Gasteiger charge is 2.17. The lowest BCUT2D eigenvalue weighted by atomic mass is 10.00. The first-order valence-corrected chi connectivity index (χ1v) is 11.0. The Bertz CT molecular complexity index is 1420. The van der Waals surface area contributed by atoms with Gasteiger partial charge in [-0.1, -0.05) is 43.5 Å². The van der Waals surface area contributed by atoms with Crippen LogP contribution in [0, 0.1) is 11.6 Å². The molecule has 0 aromatic heterocycles. The maximum absolute atomic E-state index is 14.3. The van der Waals surface area contributed by atoms with Gasteiger partial charge in [0.25, 0.3) is 0 Å². The summed E-state index contributed by atoms with van der Waals surface area (Å²) in [6.07, 6.45) is 2.86. The van der Waals surface area contributed by atoms with E-state index in [0.29, 0.717) is 11.1 Å². The summed E-state index contributed by atoms with van der Waals surface area (Å²) in [5.74, 6) is -4.90. The van der Waals surface area contributed by atoms with Crippen LogP contribution < -0.4 is 4.74 Å². The van der Waals surface area contributed by atoms with E-state index in [9.17, 15) is 23.2 Å². The molecule has 0 bridgehead atoms. The first-order valence-electron chi connectivity index (χ1n) is 11.0. The van der Waals surface area contributed by atoms with Gasteiger partial charge in [-0.05, 0) is 65.6 Å². The van der Waals surface area contributed by atoms with Gasteiger partial charge in [-0.2, -0.15) is 4.39 Å². The Kier molecular flexibility index (Phi) is 8.27. The number of benzene rings is 3. The minimum absolute atomic E-state index is 0.0235. The van der Waals surface area contributed by atoms with Crippen molar-refractivity contribution in [3.8, 4) is 5.75 Å². The summed E-state index contributed by atoms with van der Waals surface area (Å²) >= 11 is 0. The van der Waals surface area contributed by atoms with E-state index in [4.69, 9.17) is 9.47 Å². The summed E-state index contributed by atoms with van der Waals surface area (Å²) < 4.78 is 38.4. The number of carbonyl (C=O) groups is 3. The van der Waals surface area contributed by atoms with Crippen LogP contribution in [0.2, 0.25) is 0 Å². The number of esters is 2. The molecule has 0 atom stereocenters. The molecular formula is C29H24F2O5. The zero-order valence-electron chi connectivity index (χ0n) is 19.9. The number of carbonyl (C=O) groups excluding carboxylic acids is 3. The number of hydrogen-bond donors (Lipinski definition) is 0. The van der Waals surface area contributed by atoms with Gasteiger partial charge >= 0.3 is 11.9 Å². The molecular weight excluding hydrogens is 466 g/mol. The van der Waals surface area contributed by atoms with E-state index < -0.39 is 35.9 Å². The number of ether oxygens (including phenoxy) is 2. The van der Waals surface area contributed by atoms with Crippen molar-refractivity contribution in [3.05, 3.63) is 107 Å². The van der Waals surface area contributed by atoms with E-state index >= 15 is 0 Å². The van der Waals surface area contributed by atoms with E-state index in [-0.39, 0.29) is 23.3 Å². The molecule has 3 rings (SSSR count). The zero-order valence-corrected chi connectivity index (χ0v) is 19.9. The van der Waals surface area contributed by atoms with Crippen molar-refractivity contribution < 1.29 is 32.6 Å². The van der Waals surface area contributed by atoms with E-state index in [1.165, 1.54) is 13.0 Å². The molecule has 0 radical (unpaired) electrons. The molecule has 0 fully saturated rings. The summed E-state index contributed by atoms with van der Waals surface area (Å²) in [6.45, 7) is 9.69. The Hall–Kier alpha value is -4.39. The summed E-state index contributed by atoms with van der Waals surface area (Å²) in [7, 11) is 0. The van der Waals surface area contributed by atoms with E-state index in [1.807, 2.05) is 30.3 Å². The number of ketones is 1. The topological polar surface area (TPSA) is 69.7 Å². The Morgan fingerprint density at radius 2 is 1.58 bits per heavy atom. The third-order valence-electron chi connectivity index (χ3n) is 5.23. The molecule has 0 N–H and O–H groups in total. The van der Waals surface area contributed by atoms with Crippen molar-refractivity contribution in [2.24, 2.45) is 0 Å². The van der Waals surface area contributed by atoms with Crippen molar-refractivity contribution in [2.75, 3.05) is 0 Å². The Balaban J connectivity index is 1.67. The van der Waals surface area contributed by atoms with Crippen LogP contribution in [0.3, 0.4) is 0 Å². The molecule has 0 saturated heterocycles. The lowest BCUT2D eigenvalue weighted by Gasteiger charge is -2.09. The van der Waals surface area contributed by atoms with Crippen LogP contribution in [0.4, 0.5) is 8.78 Å². The minimum Gasteiger partial charge on any atom is -0.457 e. The third-order valence-corrected chi connectivity index (χ3v) is 5.23. The molecule has 36 heavy (non-hydrogen) atoms. The van der Waals surface area contributed by atoms with Crippen LogP contribution in [0.5, 0.6) is 5.75 Å². The second kappa shape index (κ2) is 11.4. The second-order valence-corrected chi connectivity index (χ2v) is 8.28. The molecule has 0 aliphatic heterocycles. The first kappa shape index (κ1) is 26.2. The molecule has 0 spiro atoms. The Morgan fingerprint density at radius 3 is 2.28 bits per heavy atom. The predicted octanol–water partition coefficient (Wildman–Crippen LogP) is 6.04. The highest BCUT2D eigenvalue weighted by molar-refractivity contribution is 5.96. The van der Waals surface area contributed by atoms with Gasteiger partial charge in [0, 0.05) is 23.6 Å². The van der Waals surface area contributed by atoms with Crippen LogP contribution in [0.25, 0.3) is 16.8 Å².